The summed E-state index contributed by atoms with van der Waals surface area (Å²) in [6, 6.07) is 1.75. The number of nitrogens with one attached hydrogen (secondary N) is 1. The van der Waals surface area contributed by atoms with Gasteiger partial charge in [0, 0.05) is 19.2 Å². The van der Waals surface area contributed by atoms with Crippen molar-refractivity contribution in [1.29, 1.82) is 0 Å². The van der Waals surface area contributed by atoms with Crippen LogP contribution in [0.15, 0.2) is 12.1 Å². The van der Waals surface area contributed by atoms with Gasteiger partial charge in [0.05, 0.1) is 12.6 Å². The number of rotatable bonds is 3. The maximum atomic E-state index is 13.7. The molecular weight excluding hydrogens is 266 g/mol. The third-order valence-electron chi connectivity index (χ3n) is 3.87. The van der Waals surface area contributed by atoms with Crippen LogP contribution in [0.4, 0.5) is 14.5 Å². The molecular formula is C14H18F2N2O2. The first-order chi connectivity index (χ1) is 9.49. The Morgan fingerprint density at radius 1 is 1.45 bits per heavy atom. The van der Waals surface area contributed by atoms with E-state index in [2.05, 4.69) is 5.32 Å². The Morgan fingerprint density at radius 2 is 2.05 bits per heavy atom. The molecule has 4 nitrogen and oxygen atoms in total. The molecule has 1 aromatic rings. The first-order valence-electron chi connectivity index (χ1n) is 6.58. The molecule has 2 atom stereocenters. The SMILES string of the molecule is CNc1c(F)cc(C(=O)N2CCC(C)C2CO)cc1F. The van der Waals surface area contributed by atoms with E-state index >= 15 is 0 Å². The van der Waals surface area contributed by atoms with Crippen LogP contribution in [-0.4, -0.2) is 42.2 Å². The zero-order valence-corrected chi connectivity index (χ0v) is 11.5. The van der Waals surface area contributed by atoms with Gasteiger partial charge in [0.15, 0.2) is 0 Å². The average Bonchev–Trinajstić information content (AvgIpc) is 2.78. The van der Waals surface area contributed by atoms with Gasteiger partial charge in [-0.2, -0.15) is 0 Å². The maximum Gasteiger partial charge on any atom is 0.254 e. The molecule has 1 aliphatic rings. The smallest absolute Gasteiger partial charge is 0.254 e. The van der Waals surface area contributed by atoms with Crippen LogP contribution in [0.5, 0.6) is 0 Å². The number of carbonyl (C=O) groups is 1. The second-order valence-electron chi connectivity index (χ2n) is 5.08. The highest BCUT2D eigenvalue weighted by atomic mass is 19.1. The van der Waals surface area contributed by atoms with Crippen LogP contribution in [0, 0.1) is 17.6 Å². The van der Waals surface area contributed by atoms with Gasteiger partial charge in [-0.3, -0.25) is 4.79 Å². The Hall–Kier alpha value is -1.69. The minimum absolute atomic E-state index is 0.0356. The Kier molecular flexibility index (Phi) is 4.23. The van der Waals surface area contributed by atoms with Crippen molar-refractivity contribution in [2.45, 2.75) is 19.4 Å². The van der Waals surface area contributed by atoms with E-state index in [4.69, 9.17) is 0 Å². The van der Waals surface area contributed by atoms with Gasteiger partial charge in [-0.05, 0) is 24.5 Å². The van der Waals surface area contributed by atoms with E-state index in [1.54, 1.807) is 0 Å². The zero-order chi connectivity index (χ0) is 14.9. The largest absolute Gasteiger partial charge is 0.394 e. The number of hydrogen-bond acceptors (Lipinski definition) is 3. The number of aliphatic hydroxyl groups is 1. The summed E-state index contributed by atoms with van der Waals surface area (Å²) in [4.78, 5) is 13.8. The van der Waals surface area contributed by atoms with E-state index in [0.29, 0.717) is 6.54 Å². The minimum atomic E-state index is -0.802. The third-order valence-corrected chi connectivity index (χ3v) is 3.87. The fourth-order valence-corrected chi connectivity index (χ4v) is 2.64. The Bertz CT molecular complexity index is 499. The summed E-state index contributed by atoms with van der Waals surface area (Å²) < 4.78 is 27.4. The Morgan fingerprint density at radius 3 is 2.55 bits per heavy atom. The quantitative estimate of drug-likeness (QED) is 0.890. The fraction of sp³-hybridized carbons (Fsp3) is 0.500. The lowest BCUT2D eigenvalue weighted by atomic mass is 10.0. The molecule has 0 aliphatic carbocycles. The molecule has 0 radical (unpaired) electrons. The molecule has 110 valence electrons. The number of amides is 1. The number of likely N-dealkylation sites (tertiary alicyclic amines) is 1. The number of anilines is 1. The minimum Gasteiger partial charge on any atom is -0.394 e. The van der Waals surface area contributed by atoms with Gasteiger partial charge in [0.1, 0.15) is 17.3 Å². The Labute approximate surface area is 116 Å². The van der Waals surface area contributed by atoms with Crippen molar-refractivity contribution in [3.05, 3.63) is 29.3 Å². The standard InChI is InChI=1S/C14H18F2N2O2/c1-8-3-4-18(12(8)7-19)14(20)9-5-10(15)13(17-2)11(16)6-9/h5-6,8,12,17,19H,3-4,7H2,1-2H3. The first kappa shape index (κ1) is 14.7. The van der Waals surface area contributed by atoms with Crippen LogP contribution in [0.1, 0.15) is 23.7 Å². The molecule has 6 heteroatoms. The summed E-state index contributed by atoms with van der Waals surface area (Å²) in [5.41, 5.74) is -0.290. The van der Waals surface area contributed by atoms with Crippen molar-refractivity contribution in [1.82, 2.24) is 4.90 Å². The van der Waals surface area contributed by atoms with Crippen LogP contribution in [0.2, 0.25) is 0 Å². The molecule has 1 amide bonds. The summed E-state index contributed by atoms with van der Waals surface area (Å²) in [5, 5.41) is 11.8. The topological polar surface area (TPSA) is 52.6 Å². The number of aliphatic hydroxyl groups excluding tert-OH is 1. The highest BCUT2D eigenvalue weighted by Crippen LogP contribution is 2.27. The molecule has 2 unspecified atom stereocenters. The molecule has 0 aromatic heterocycles. The van der Waals surface area contributed by atoms with Crippen LogP contribution < -0.4 is 5.32 Å². The van der Waals surface area contributed by atoms with Crippen LogP contribution in [-0.2, 0) is 0 Å². The number of benzene rings is 1. The molecule has 0 saturated carbocycles. The third kappa shape index (κ3) is 2.47. The van der Waals surface area contributed by atoms with Crippen LogP contribution >= 0.6 is 0 Å². The van der Waals surface area contributed by atoms with Crippen molar-refractivity contribution in [3.63, 3.8) is 0 Å². The monoisotopic (exact) mass is 284 g/mol. The average molecular weight is 284 g/mol. The van der Waals surface area contributed by atoms with Crippen molar-refractivity contribution < 1.29 is 18.7 Å². The van der Waals surface area contributed by atoms with E-state index in [1.807, 2.05) is 6.92 Å². The van der Waals surface area contributed by atoms with E-state index in [1.165, 1.54) is 11.9 Å². The molecule has 0 bridgehead atoms. The fourth-order valence-electron chi connectivity index (χ4n) is 2.64. The molecule has 1 heterocycles. The number of hydrogen-bond donors (Lipinski definition) is 2. The van der Waals surface area contributed by atoms with Gasteiger partial charge < -0.3 is 15.3 Å². The molecule has 1 aromatic carbocycles. The number of nitrogens with zero attached hydrogens (tertiary/aromatic N) is 1. The molecule has 1 saturated heterocycles. The molecule has 2 N–H and O–H groups in total. The predicted octanol–water partition coefficient (Wildman–Crippen LogP) is 1.85. The van der Waals surface area contributed by atoms with Gasteiger partial charge in [-0.15, -0.1) is 0 Å². The van der Waals surface area contributed by atoms with Crippen LogP contribution in [0.3, 0.4) is 0 Å². The lowest BCUT2D eigenvalue weighted by Gasteiger charge is -2.25. The molecule has 1 aliphatic heterocycles. The Balaban J connectivity index is 2.30. The van der Waals surface area contributed by atoms with Crippen LogP contribution in [0.25, 0.3) is 0 Å². The molecule has 20 heavy (non-hydrogen) atoms. The van der Waals surface area contributed by atoms with Crippen molar-refractivity contribution in [2.24, 2.45) is 5.92 Å². The first-order valence-corrected chi connectivity index (χ1v) is 6.58. The summed E-state index contributed by atoms with van der Waals surface area (Å²) >= 11 is 0. The molecule has 2 rings (SSSR count). The zero-order valence-electron chi connectivity index (χ0n) is 11.5. The van der Waals surface area contributed by atoms with Gasteiger partial charge in [-0.25, -0.2) is 8.78 Å². The second-order valence-corrected chi connectivity index (χ2v) is 5.08. The van der Waals surface area contributed by atoms with Gasteiger partial charge in [0.25, 0.3) is 5.91 Å². The highest BCUT2D eigenvalue weighted by molar-refractivity contribution is 5.95. The van der Waals surface area contributed by atoms with Crippen molar-refractivity contribution in [3.8, 4) is 0 Å². The summed E-state index contributed by atoms with van der Waals surface area (Å²) in [6.07, 6.45) is 0.774. The van der Waals surface area contributed by atoms with Gasteiger partial charge in [0.2, 0.25) is 0 Å². The number of carbonyl (C=O) groups excluding carboxylic acids is 1. The van der Waals surface area contributed by atoms with Gasteiger partial charge in [-0.1, -0.05) is 6.92 Å². The van der Waals surface area contributed by atoms with E-state index in [0.717, 1.165) is 18.6 Å². The van der Waals surface area contributed by atoms with Gasteiger partial charge >= 0.3 is 0 Å². The lowest BCUT2D eigenvalue weighted by molar-refractivity contribution is 0.0647. The normalized spacial score (nSPS) is 22.1. The molecule has 0 spiro atoms. The summed E-state index contributed by atoms with van der Waals surface area (Å²) in [5.74, 6) is -1.88. The molecule has 1 fully saturated rings. The summed E-state index contributed by atoms with van der Waals surface area (Å²) in [7, 11) is 1.41. The van der Waals surface area contributed by atoms with Crippen molar-refractivity contribution in [2.75, 3.05) is 25.5 Å². The highest BCUT2D eigenvalue weighted by Gasteiger charge is 2.34. The van der Waals surface area contributed by atoms with Crippen molar-refractivity contribution >= 4 is 11.6 Å². The predicted molar refractivity (Wildman–Crippen MR) is 71.6 cm³/mol. The summed E-state index contributed by atoms with van der Waals surface area (Å²) in [6.45, 7) is 2.29. The van der Waals surface area contributed by atoms with E-state index in [-0.39, 0.29) is 29.8 Å². The lowest BCUT2D eigenvalue weighted by Crippen LogP contribution is -2.39. The van der Waals surface area contributed by atoms with E-state index in [9.17, 15) is 18.7 Å². The number of halogens is 2. The van der Waals surface area contributed by atoms with E-state index < -0.39 is 17.5 Å². The second kappa shape index (κ2) is 5.75. The maximum absolute atomic E-state index is 13.7.